The van der Waals surface area contributed by atoms with E-state index in [-0.39, 0.29) is 5.41 Å². The van der Waals surface area contributed by atoms with Gasteiger partial charge in [-0.15, -0.1) is 10.2 Å². The zero-order valence-corrected chi connectivity index (χ0v) is 16.2. The zero-order valence-electron chi connectivity index (χ0n) is 15.4. The summed E-state index contributed by atoms with van der Waals surface area (Å²) in [6.45, 7) is 9.73. The van der Waals surface area contributed by atoms with E-state index >= 15 is 0 Å². The highest BCUT2D eigenvalue weighted by molar-refractivity contribution is 7.98. The molecule has 0 unspecified atom stereocenters. The SMILES string of the molecule is CCn1c(SCc2ccc(C(C)(C)C)cc2)nnc1-c1ccccc1. The third-order valence-corrected chi connectivity index (χ3v) is 5.29. The lowest BCUT2D eigenvalue weighted by atomic mass is 9.87. The lowest BCUT2D eigenvalue weighted by molar-refractivity contribution is 0.590. The summed E-state index contributed by atoms with van der Waals surface area (Å²) < 4.78 is 2.18. The van der Waals surface area contributed by atoms with Crippen LogP contribution in [0.5, 0.6) is 0 Å². The highest BCUT2D eigenvalue weighted by Crippen LogP contribution is 2.27. The van der Waals surface area contributed by atoms with E-state index in [2.05, 4.69) is 78.9 Å². The van der Waals surface area contributed by atoms with Gasteiger partial charge in [0.05, 0.1) is 0 Å². The first-order valence-electron chi connectivity index (χ1n) is 8.70. The summed E-state index contributed by atoms with van der Waals surface area (Å²) in [7, 11) is 0. The number of benzene rings is 2. The van der Waals surface area contributed by atoms with Crippen LogP contribution in [0.1, 0.15) is 38.8 Å². The maximum absolute atomic E-state index is 4.41. The smallest absolute Gasteiger partial charge is 0.191 e. The van der Waals surface area contributed by atoms with Gasteiger partial charge in [-0.05, 0) is 23.5 Å². The molecule has 2 aromatic carbocycles. The molecule has 0 aliphatic rings. The monoisotopic (exact) mass is 351 g/mol. The van der Waals surface area contributed by atoms with Crippen LogP contribution < -0.4 is 0 Å². The summed E-state index contributed by atoms with van der Waals surface area (Å²) >= 11 is 1.74. The lowest BCUT2D eigenvalue weighted by Crippen LogP contribution is -2.10. The predicted octanol–water partition coefficient (Wildman–Crippen LogP) is 5.55. The van der Waals surface area contributed by atoms with E-state index in [1.54, 1.807) is 11.8 Å². The van der Waals surface area contributed by atoms with Crippen molar-refractivity contribution in [3.8, 4) is 11.4 Å². The summed E-state index contributed by atoms with van der Waals surface area (Å²) in [6, 6.07) is 19.2. The predicted molar refractivity (Wildman–Crippen MR) is 106 cm³/mol. The second-order valence-corrected chi connectivity index (χ2v) is 8.09. The maximum Gasteiger partial charge on any atom is 0.191 e. The molecule has 1 aromatic heterocycles. The number of rotatable bonds is 5. The summed E-state index contributed by atoms with van der Waals surface area (Å²) in [5, 5.41) is 9.79. The average molecular weight is 352 g/mol. The van der Waals surface area contributed by atoms with Crippen molar-refractivity contribution in [1.29, 1.82) is 0 Å². The van der Waals surface area contributed by atoms with E-state index in [1.807, 2.05) is 18.2 Å². The molecule has 130 valence electrons. The van der Waals surface area contributed by atoms with Crippen LogP contribution in [-0.4, -0.2) is 14.8 Å². The molecule has 3 rings (SSSR count). The standard InChI is InChI=1S/C21H25N3S/c1-5-24-19(17-9-7-6-8-10-17)22-23-20(24)25-15-16-11-13-18(14-12-16)21(2,3)4/h6-14H,5,15H2,1-4H3. The summed E-state index contributed by atoms with van der Waals surface area (Å²) in [4.78, 5) is 0. The molecule has 0 saturated carbocycles. The molecule has 0 spiro atoms. The van der Waals surface area contributed by atoms with Gasteiger partial charge in [-0.25, -0.2) is 0 Å². The highest BCUT2D eigenvalue weighted by Gasteiger charge is 2.14. The summed E-state index contributed by atoms with van der Waals surface area (Å²) in [6.07, 6.45) is 0. The molecule has 3 nitrogen and oxygen atoms in total. The molecular formula is C21H25N3S. The van der Waals surface area contributed by atoms with Crippen LogP contribution in [0.25, 0.3) is 11.4 Å². The number of hydrogen-bond acceptors (Lipinski definition) is 3. The minimum absolute atomic E-state index is 0.193. The first-order chi connectivity index (χ1) is 12.0. The Morgan fingerprint density at radius 2 is 1.60 bits per heavy atom. The molecule has 1 heterocycles. The molecular weight excluding hydrogens is 326 g/mol. The van der Waals surface area contributed by atoms with Crippen molar-refractivity contribution in [1.82, 2.24) is 14.8 Å². The van der Waals surface area contributed by atoms with Crippen LogP contribution in [-0.2, 0) is 17.7 Å². The lowest BCUT2D eigenvalue weighted by Gasteiger charge is -2.19. The van der Waals surface area contributed by atoms with Gasteiger partial charge in [0, 0.05) is 17.9 Å². The van der Waals surface area contributed by atoms with Gasteiger partial charge in [0.15, 0.2) is 11.0 Å². The van der Waals surface area contributed by atoms with E-state index in [9.17, 15) is 0 Å². The molecule has 0 fully saturated rings. The topological polar surface area (TPSA) is 30.7 Å². The van der Waals surface area contributed by atoms with Crippen LogP contribution in [0, 0.1) is 0 Å². The van der Waals surface area contributed by atoms with Crippen LogP contribution in [0.4, 0.5) is 0 Å². The molecule has 0 saturated heterocycles. The Morgan fingerprint density at radius 3 is 2.20 bits per heavy atom. The molecule has 0 radical (unpaired) electrons. The quantitative estimate of drug-likeness (QED) is 0.564. The van der Waals surface area contributed by atoms with Crippen LogP contribution in [0.15, 0.2) is 59.8 Å². The van der Waals surface area contributed by atoms with Gasteiger partial charge in [0.1, 0.15) is 0 Å². The molecule has 0 N–H and O–H groups in total. The molecule has 0 atom stereocenters. The van der Waals surface area contributed by atoms with Crippen molar-refractivity contribution in [3.05, 3.63) is 65.7 Å². The molecule has 0 amide bonds. The Bertz CT molecular complexity index is 815. The first kappa shape index (κ1) is 17.7. The second kappa shape index (κ2) is 7.44. The Hall–Kier alpha value is -2.07. The largest absolute Gasteiger partial charge is 0.302 e. The Balaban J connectivity index is 1.75. The molecule has 0 bridgehead atoms. The maximum atomic E-state index is 4.41. The Kier molecular flexibility index (Phi) is 5.28. The van der Waals surface area contributed by atoms with E-state index in [4.69, 9.17) is 0 Å². The van der Waals surface area contributed by atoms with Gasteiger partial charge >= 0.3 is 0 Å². The summed E-state index contributed by atoms with van der Waals surface area (Å²) in [5.74, 6) is 1.84. The van der Waals surface area contributed by atoms with Gasteiger partial charge in [-0.2, -0.15) is 0 Å². The Morgan fingerprint density at radius 1 is 0.920 bits per heavy atom. The van der Waals surface area contributed by atoms with Gasteiger partial charge in [-0.1, -0.05) is 87.1 Å². The zero-order chi connectivity index (χ0) is 17.9. The van der Waals surface area contributed by atoms with Crippen LogP contribution in [0.2, 0.25) is 0 Å². The molecule has 0 aliphatic heterocycles. The fourth-order valence-corrected chi connectivity index (χ4v) is 3.69. The number of hydrogen-bond donors (Lipinski definition) is 0. The fourth-order valence-electron chi connectivity index (χ4n) is 2.73. The number of aromatic nitrogens is 3. The third-order valence-electron chi connectivity index (χ3n) is 4.25. The second-order valence-electron chi connectivity index (χ2n) is 7.15. The highest BCUT2D eigenvalue weighted by atomic mass is 32.2. The van der Waals surface area contributed by atoms with E-state index in [0.29, 0.717) is 0 Å². The first-order valence-corrected chi connectivity index (χ1v) is 9.68. The third kappa shape index (κ3) is 4.13. The molecule has 0 aliphatic carbocycles. The fraction of sp³-hybridized carbons (Fsp3) is 0.333. The van der Waals surface area contributed by atoms with Crippen molar-refractivity contribution in [2.24, 2.45) is 0 Å². The molecule has 3 aromatic rings. The van der Waals surface area contributed by atoms with E-state index in [0.717, 1.165) is 28.8 Å². The van der Waals surface area contributed by atoms with E-state index in [1.165, 1.54) is 11.1 Å². The van der Waals surface area contributed by atoms with Crippen molar-refractivity contribution in [3.63, 3.8) is 0 Å². The average Bonchev–Trinajstić information content (AvgIpc) is 3.03. The van der Waals surface area contributed by atoms with Crippen molar-refractivity contribution in [2.75, 3.05) is 0 Å². The Labute approximate surface area is 154 Å². The minimum atomic E-state index is 0.193. The van der Waals surface area contributed by atoms with Gasteiger partial charge in [0.2, 0.25) is 0 Å². The number of nitrogens with zero attached hydrogens (tertiary/aromatic N) is 3. The van der Waals surface area contributed by atoms with E-state index < -0.39 is 0 Å². The van der Waals surface area contributed by atoms with Crippen molar-refractivity contribution in [2.45, 2.75) is 50.6 Å². The summed E-state index contributed by atoms with van der Waals surface area (Å²) in [5.41, 5.74) is 3.98. The van der Waals surface area contributed by atoms with Crippen LogP contribution >= 0.6 is 11.8 Å². The van der Waals surface area contributed by atoms with Crippen LogP contribution in [0.3, 0.4) is 0 Å². The molecule has 4 heteroatoms. The van der Waals surface area contributed by atoms with Gasteiger partial charge in [0.25, 0.3) is 0 Å². The minimum Gasteiger partial charge on any atom is -0.302 e. The molecule has 25 heavy (non-hydrogen) atoms. The van der Waals surface area contributed by atoms with Crippen molar-refractivity contribution >= 4 is 11.8 Å². The normalized spacial score (nSPS) is 11.7. The van der Waals surface area contributed by atoms with Gasteiger partial charge < -0.3 is 4.57 Å². The number of thioether (sulfide) groups is 1. The van der Waals surface area contributed by atoms with Crippen molar-refractivity contribution < 1.29 is 0 Å². The van der Waals surface area contributed by atoms with Gasteiger partial charge in [-0.3, -0.25) is 0 Å².